The van der Waals surface area contributed by atoms with Crippen LogP contribution in [-0.2, 0) is 4.79 Å². The van der Waals surface area contributed by atoms with Crippen LogP contribution in [-0.4, -0.2) is 30.0 Å². The number of amides is 1. The van der Waals surface area contributed by atoms with Crippen molar-refractivity contribution in [2.45, 2.75) is 57.0 Å². The Hall–Kier alpha value is -2.57. The quantitative estimate of drug-likeness (QED) is 0.851. The smallest absolute Gasteiger partial charge is 0.226 e. The fourth-order valence-electron chi connectivity index (χ4n) is 4.36. The highest BCUT2D eigenvalue weighted by atomic mass is 16.2. The summed E-state index contributed by atoms with van der Waals surface area (Å²) < 4.78 is 0. The standard InChI is InChI=1S/C19H26N6O/c20-17-22-18(21)25(19(23-17)11-3-1-4-12-19)15-9-7-14(8-10-15)24-13-5-2-6-16(24)26/h7-10H,1-6,11-13H2,(H4,20,21,22,23). The molecule has 0 atom stereocenters. The highest BCUT2D eigenvalue weighted by molar-refractivity contribution is 6.05. The molecule has 1 spiro atoms. The van der Waals surface area contributed by atoms with Crippen molar-refractivity contribution in [2.75, 3.05) is 16.3 Å². The third-order valence-electron chi connectivity index (χ3n) is 5.59. The van der Waals surface area contributed by atoms with Crippen LogP contribution in [0.1, 0.15) is 51.4 Å². The molecule has 4 N–H and O–H groups in total. The topological polar surface area (TPSA) is 100 Å². The molecule has 1 amide bonds. The first-order valence-electron chi connectivity index (χ1n) is 9.49. The molecule has 1 aliphatic carbocycles. The number of guanidine groups is 2. The molecule has 2 aliphatic heterocycles. The summed E-state index contributed by atoms with van der Waals surface area (Å²) in [6.07, 6.45) is 7.89. The average molecular weight is 354 g/mol. The lowest BCUT2D eigenvalue weighted by Crippen LogP contribution is -2.58. The molecule has 0 radical (unpaired) electrons. The van der Waals surface area contributed by atoms with Crippen LogP contribution in [0, 0.1) is 0 Å². The van der Waals surface area contributed by atoms with Crippen molar-refractivity contribution in [1.82, 2.24) is 0 Å². The summed E-state index contributed by atoms with van der Waals surface area (Å²) in [5.41, 5.74) is 13.6. The van der Waals surface area contributed by atoms with Gasteiger partial charge in [-0.05, 0) is 62.8 Å². The number of piperidine rings is 1. The van der Waals surface area contributed by atoms with E-state index in [1.807, 2.05) is 34.1 Å². The number of carbonyl (C=O) groups excluding carboxylic acids is 1. The van der Waals surface area contributed by atoms with E-state index in [9.17, 15) is 4.79 Å². The Morgan fingerprint density at radius 1 is 0.923 bits per heavy atom. The van der Waals surface area contributed by atoms with Crippen molar-refractivity contribution < 1.29 is 4.79 Å². The van der Waals surface area contributed by atoms with Crippen molar-refractivity contribution in [1.29, 1.82) is 0 Å². The van der Waals surface area contributed by atoms with Crippen molar-refractivity contribution >= 4 is 29.2 Å². The highest BCUT2D eigenvalue weighted by Gasteiger charge is 2.42. The maximum Gasteiger partial charge on any atom is 0.226 e. The van der Waals surface area contributed by atoms with Gasteiger partial charge in [0.2, 0.25) is 17.8 Å². The van der Waals surface area contributed by atoms with E-state index in [1.165, 1.54) is 6.42 Å². The Morgan fingerprint density at radius 3 is 2.31 bits per heavy atom. The lowest BCUT2D eigenvalue weighted by atomic mass is 9.87. The number of nitrogens with zero attached hydrogens (tertiary/aromatic N) is 4. The summed E-state index contributed by atoms with van der Waals surface area (Å²) in [7, 11) is 0. The van der Waals surface area contributed by atoms with Gasteiger partial charge in [0.1, 0.15) is 5.66 Å². The molecular weight excluding hydrogens is 328 g/mol. The molecule has 2 fully saturated rings. The van der Waals surface area contributed by atoms with Crippen LogP contribution in [0.15, 0.2) is 34.3 Å². The highest BCUT2D eigenvalue weighted by Crippen LogP contribution is 2.39. The van der Waals surface area contributed by atoms with E-state index < -0.39 is 5.66 Å². The molecule has 1 saturated carbocycles. The number of aliphatic imine (C=N–C) groups is 2. The van der Waals surface area contributed by atoms with Crippen LogP contribution < -0.4 is 21.3 Å². The Kier molecular flexibility index (Phi) is 4.30. The molecule has 4 rings (SSSR count). The van der Waals surface area contributed by atoms with Gasteiger partial charge in [-0.25, -0.2) is 4.99 Å². The first kappa shape index (κ1) is 16.9. The monoisotopic (exact) mass is 354 g/mol. The van der Waals surface area contributed by atoms with Gasteiger partial charge in [0.05, 0.1) is 0 Å². The van der Waals surface area contributed by atoms with E-state index in [0.29, 0.717) is 12.4 Å². The van der Waals surface area contributed by atoms with Crippen molar-refractivity contribution in [2.24, 2.45) is 21.5 Å². The summed E-state index contributed by atoms with van der Waals surface area (Å²) in [5, 5.41) is 0. The normalized spacial score (nSPS) is 23.0. The van der Waals surface area contributed by atoms with Crippen LogP contribution in [0.2, 0.25) is 0 Å². The third-order valence-corrected chi connectivity index (χ3v) is 5.59. The van der Waals surface area contributed by atoms with Gasteiger partial charge in [-0.3, -0.25) is 9.69 Å². The van der Waals surface area contributed by atoms with Gasteiger partial charge in [-0.15, -0.1) is 0 Å². The minimum atomic E-state index is -0.434. The van der Waals surface area contributed by atoms with E-state index in [4.69, 9.17) is 16.5 Å². The van der Waals surface area contributed by atoms with E-state index in [-0.39, 0.29) is 11.9 Å². The van der Waals surface area contributed by atoms with Gasteiger partial charge in [-0.1, -0.05) is 6.42 Å². The first-order valence-corrected chi connectivity index (χ1v) is 9.49. The van der Waals surface area contributed by atoms with Crippen LogP contribution >= 0.6 is 0 Å². The number of carbonyl (C=O) groups is 1. The molecule has 138 valence electrons. The zero-order chi connectivity index (χ0) is 18.1. The Morgan fingerprint density at radius 2 is 1.62 bits per heavy atom. The lowest BCUT2D eigenvalue weighted by molar-refractivity contribution is -0.119. The number of anilines is 2. The molecular formula is C19H26N6O. The van der Waals surface area contributed by atoms with Crippen LogP contribution in [0.4, 0.5) is 11.4 Å². The Bertz CT molecular complexity index is 748. The fraction of sp³-hybridized carbons (Fsp3) is 0.526. The predicted molar refractivity (Wildman–Crippen MR) is 104 cm³/mol. The molecule has 26 heavy (non-hydrogen) atoms. The summed E-state index contributed by atoms with van der Waals surface area (Å²) in [6.45, 7) is 0.788. The van der Waals surface area contributed by atoms with Gasteiger partial charge in [0, 0.05) is 24.3 Å². The SMILES string of the molecule is NC1=NC2(CCCCC2)N(c2ccc(N3CCCCC3=O)cc2)C(N)=N1. The summed E-state index contributed by atoms with van der Waals surface area (Å²) >= 11 is 0. The number of benzene rings is 1. The van der Waals surface area contributed by atoms with Gasteiger partial charge in [0.25, 0.3) is 0 Å². The average Bonchev–Trinajstić information content (AvgIpc) is 2.63. The van der Waals surface area contributed by atoms with Gasteiger partial charge >= 0.3 is 0 Å². The summed E-state index contributed by atoms with van der Waals surface area (Å²) in [6, 6.07) is 7.99. The van der Waals surface area contributed by atoms with Gasteiger partial charge in [0.15, 0.2) is 0 Å². The van der Waals surface area contributed by atoms with Gasteiger partial charge < -0.3 is 16.4 Å². The Balaban J connectivity index is 1.65. The van der Waals surface area contributed by atoms with E-state index in [1.54, 1.807) is 0 Å². The molecule has 1 aromatic rings. The predicted octanol–water partition coefficient (Wildman–Crippen LogP) is 2.31. The van der Waals surface area contributed by atoms with Crippen molar-refractivity contribution in [3.8, 4) is 0 Å². The molecule has 3 aliphatic rings. The number of nitrogens with two attached hydrogens (primary N) is 2. The molecule has 2 heterocycles. The largest absolute Gasteiger partial charge is 0.369 e. The van der Waals surface area contributed by atoms with Crippen LogP contribution in [0.25, 0.3) is 0 Å². The molecule has 1 aromatic carbocycles. The van der Waals surface area contributed by atoms with Crippen LogP contribution in [0.3, 0.4) is 0 Å². The lowest BCUT2D eigenvalue weighted by Gasteiger charge is -2.45. The molecule has 7 nitrogen and oxygen atoms in total. The van der Waals surface area contributed by atoms with Crippen LogP contribution in [0.5, 0.6) is 0 Å². The van der Waals surface area contributed by atoms with E-state index in [0.717, 1.165) is 56.4 Å². The molecule has 0 aromatic heterocycles. The summed E-state index contributed by atoms with van der Waals surface area (Å²) in [4.78, 5) is 24.9. The van der Waals surface area contributed by atoms with Crippen molar-refractivity contribution in [3.05, 3.63) is 24.3 Å². The molecule has 0 bridgehead atoms. The fourth-order valence-corrected chi connectivity index (χ4v) is 4.36. The molecule has 1 saturated heterocycles. The minimum absolute atomic E-state index is 0.198. The van der Waals surface area contributed by atoms with Gasteiger partial charge in [-0.2, -0.15) is 4.99 Å². The third kappa shape index (κ3) is 2.91. The number of hydrogen-bond donors (Lipinski definition) is 2. The molecule has 0 unspecified atom stereocenters. The summed E-state index contributed by atoms with van der Waals surface area (Å²) in [5.74, 6) is 0.849. The zero-order valence-electron chi connectivity index (χ0n) is 15.0. The second-order valence-corrected chi connectivity index (χ2v) is 7.34. The second kappa shape index (κ2) is 6.63. The number of hydrogen-bond acceptors (Lipinski definition) is 6. The maximum absolute atomic E-state index is 12.2. The first-order chi connectivity index (χ1) is 12.6. The number of rotatable bonds is 2. The van der Waals surface area contributed by atoms with E-state index >= 15 is 0 Å². The van der Waals surface area contributed by atoms with Crippen molar-refractivity contribution in [3.63, 3.8) is 0 Å². The maximum atomic E-state index is 12.2. The van der Waals surface area contributed by atoms with E-state index in [2.05, 4.69) is 4.99 Å². The Labute approximate surface area is 153 Å². The zero-order valence-corrected chi connectivity index (χ0v) is 15.0. The minimum Gasteiger partial charge on any atom is -0.369 e. The molecule has 7 heteroatoms. The second-order valence-electron chi connectivity index (χ2n) is 7.34.